The number of carbonyl (C=O) groups is 1. The number of carbonyl (C=O) groups excluding carboxylic acids is 1. The third kappa shape index (κ3) is 4.63. The fourth-order valence-corrected chi connectivity index (χ4v) is 6.47. The number of anilines is 1. The van der Waals surface area contributed by atoms with Crippen LogP contribution in [0.4, 0.5) is 5.82 Å². The van der Waals surface area contributed by atoms with E-state index in [1.165, 1.54) is 23.5 Å². The minimum absolute atomic E-state index is 0.133. The highest BCUT2D eigenvalue weighted by Crippen LogP contribution is 2.43. The Labute approximate surface area is 177 Å². The molecule has 1 amide bonds. The third-order valence-electron chi connectivity index (χ3n) is 4.86. The van der Waals surface area contributed by atoms with E-state index in [9.17, 15) is 4.79 Å². The summed E-state index contributed by atoms with van der Waals surface area (Å²) in [5.74, 6) is 3.57. The van der Waals surface area contributed by atoms with Gasteiger partial charge >= 0.3 is 0 Å². The molecule has 3 heterocycles. The second kappa shape index (κ2) is 8.88. The Bertz CT molecular complexity index is 771. The van der Waals surface area contributed by atoms with Crippen LogP contribution in [-0.4, -0.2) is 53.5 Å². The summed E-state index contributed by atoms with van der Waals surface area (Å²) in [5.41, 5.74) is 2.12. The lowest BCUT2D eigenvalue weighted by Gasteiger charge is -2.35. The van der Waals surface area contributed by atoms with Crippen LogP contribution in [0.5, 0.6) is 0 Å². The second-order valence-corrected chi connectivity index (χ2v) is 10.3. The summed E-state index contributed by atoms with van der Waals surface area (Å²) in [7, 11) is 0. The fourth-order valence-electron chi connectivity index (χ4n) is 3.34. The molecule has 1 aromatic heterocycles. The third-order valence-corrected chi connectivity index (χ3v) is 8.34. The SMILES string of the molecule is O=C(c1ccc(C2SCCCS2)cc1)N1CCN(c2ccc(Br)cn2)CC1. The van der Waals surface area contributed by atoms with E-state index in [2.05, 4.69) is 37.9 Å². The highest BCUT2D eigenvalue weighted by atomic mass is 79.9. The number of piperazine rings is 1. The predicted octanol–water partition coefficient (Wildman–Crippen LogP) is 4.68. The molecule has 4 rings (SSSR count). The lowest BCUT2D eigenvalue weighted by Crippen LogP contribution is -2.49. The molecule has 2 saturated heterocycles. The van der Waals surface area contributed by atoms with E-state index in [1.54, 1.807) is 0 Å². The number of thioether (sulfide) groups is 2. The summed E-state index contributed by atoms with van der Waals surface area (Å²) in [6.07, 6.45) is 3.11. The summed E-state index contributed by atoms with van der Waals surface area (Å²) in [6.45, 7) is 3.08. The number of hydrogen-bond donors (Lipinski definition) is 0. The monoisotopic (exact) mass is 463 g/mol. The number of hydrogen-bond acceptors (Lipinski definition) is 5. The van der Waals surface area contributed by atoms with Crippen LogP contribution < -0.4 is 4.90 Å². The molecule has 0 atom stereocenters. The molecule has 142 valence electrons. The van der Waals surface area contributed by atoms with E-state index in [0.29, 0.717) is 4.58 Å². The first kappa shape index (κ1) is 19.2. The van der Waals surface area contributed by atoms with Crippen LogP contribution >= 0.6 is 39.5 Å². The molecule has 0 saturated carbocycles. The minimum atomic E-state index is 0.133. The van der Waals surface area contributed by atoms with Crippen LogP contribution in [0.15, 0.2) is 47.1 Å². The Morgan fingerprint density at radius 2 is 1.70 bits per heavy atom. The molecular formula is C20H22BrN3OS2. The Morgan fingerprint density at radius 3 is 2.33 bits per heavy atom. The van der Waals surface area contributed by atoms with Gasteiger partial charge in [-0.25, -0.2) is 4.98 Å². The predicted molar refractivity (Wildman–Crippen MR) is 119 cm³/mol. The zero-order chi connectivity index (χ0) is 18.6. The molecular weight excluding hydrogens is 442 g/mol. The number of nitrogens with zero attached hydrogens (tertiary/aromatic N) is 3. The number of rotatable bonds is 3. The molecule has 2 fully saturated rings. The van der Waals surface area contributed by atoms with Crippen molar-refractivity contribution in [1.82, 2.24) is 9.88 Å². The van der Waals surface area contributed by atoms with Gasteiger partial charge in [0.15, 0.2) is 0 Å². The molecule has 27 heavy (non-hydrogen) atoms. The average Bonchev–Trinajstić information content (AvgIpc) is 2.75. The molecule has 2 aliphatic rings. The number of amides is 1. The van der Waals surface area contributed by atoms with Crippen LogP contribution in [0.3, 0.4) is 0 Å². The maximum atomic E-state index is 12.9. The molecule has 1 aromatic carbocycles. The summed E-state index contributed by atoms with van der Waals surface area (Å²) in [4.78, 5) is 21.5. The summed E-state index contributed by atoms with van der Waals surface area (Å²) in [6, 6.07) is 12.3. The average molecular weight is 464 g/mol. The standard InChI is InChI=1S/C20H22BrN3OS2/c21-17-6-7-18(22-14-17)23-8-10-24(11-9-23)19(25)15-2-4-16(5-3-15)20-26-12-1-13-27-20/h2-7,14,20H,1,8-13H2. The molecule has 0 N–H and O–H groups in total. The van der Waals surface area contributed by atoms with E-state index in [-0.39, 0.29) is 5.91 Å². The summed E-state index contributed by atoms with van der Waals surface area (Å²) < 4.78 is 1.50. The summed E-state index contributed by atoms with van der Waals surface area (Å²) in [5, 5.41) is 0. The van der Waals surface area contributed by atoms with Gasteiger partial charge in [-0.05, 0) is 63.7 Å². The molecule has 2 aliphatic heterocycles. The minimum Gasteiger partial charge on any atom is -0.353 e. The van der Waals surface area contributed by atoms with Gasteiger partial charge in [0.1, 0.15) is 5.82 Å². The van der Waals surface area contributed by atoms with Gasteiger partial charge in [-0.2, -0.15) is 0 Å². The Morgan fingerprint density at radius 1 is 1.00 bits per heavy atom. The maximum absolute atomic E-state index is 12.9. The molecule has 0 spiro atoms. The topological polar surface area (TPSA) is 36.4 Å². The second-order valence-electron chi connectivity index (χ2n) is 6.66. The van der Waals surface area contributed by atoms with Gasteiger partial charge in [0.25, 0.3) is 5.91 Å². The number of pyridine rings is 1. The van der Waals surface area contributed by atoms with Crippen molar-refractivity contribution < 1.29 is 4.79 Å². The van der Waals surface area contributed by atoms with E-state index < -0.39 is 0 Å². The highest BCUT2D eigenvalue weighted by molar-refractivity contribution is 9.10. The Hall–Kier alpha value is -1.18. The van der Waals surface area contributed by atoms with Crippen molar-refractivity contribution >= 4 is 51.2 Å². The first-order chi connectivity index (χ1) is 13.2. The van der Waals surface area contributed by atoms with E-state index >= 15 is 0 Å². The largest absolute Gasteiger partial charge is 0.353 e. The van der Waals surface area contributed by atoms with Crippen molar-refractivity contribution in [2.24, 2.45) is 0 Å². The maximum Gasteiger partial charge on any atom is 0.253 e. The lowest BCUT2D eigenvalue weighted by atomic mass is 10.1. The van der Waals surface area contributed by atoms with Crippen LogP contribution in [0.25, 0.3) is 0 Å². The van der Waals surface area contributed by atoms with E-state index in [1.807, 2.05) is 58.9 Å². The molecule has 0 unspecified atom stereocenters. The quantitative estimate of drug-likeness (QED) is 0.660. The Kier molecular flexibility index (Phi) is 6.30. The van der Waals surface area contributed by atoms with E-state index in [0.717, 1.165) is 42.0 Å². The molecule has 0 aliphatic carbocycles. The van der Waals surface area contributed by atoms with Crippen molar-refractivity contribution in [2.45, 2.75) is 11.0 Å². The highest BCUT2D eigenvalue weighted by Gasteiger charge is 2.23. The smallest absolute Gasteiger partial charge is 0.253 e. The normalized spacial score (nSPS) is 18.6. The van der Waals surface area contributed by atoms with Crippen molar-refractivity contribution in [2.75, 3.05) is 42.6 Å². The van der Waals surface area contributed by atoms with Gasteiger partial charge < -0.3 is 9.80 Å². The molecule has 2 aromatic rings. The lowest BCUT2D eigenvalue weighted by molar-refractivity contribution is 0.0746. The number of aromatic nitrogens is 1. The van der Waals surface area contributed by atoms with Gasteiger partial charge in [0.2, 0.25) is 0 Å². The van der Waals surface area contributed by atoms with Gasteiger partial charge in [0, 0.05) is 42.4 Å². The van der Waals surface area contributed by atoms with Crippen LogP contribution in [0.2, 0.25) is 0 Å². The molecule has 7 heteroatoms. The van der Waals surface area contributed by atoms with Crippen LogP contribution in [-0.2, 0) is 0 Å². The van der Waals surface area contributed by atoms with Crippen molar-refractivity contribution in [3.8, 4) is 0 Å². The van der Waals surface area contributed by atoms with Gasteiger partial charge in [0.05, 0.1) is 4.58 Å². The van der Waals surface area contributed by atoms with Crippen LogP contribution in [0, 0.1) is 0 Å². The zero-order valence-electron chi connectivity index (χ0n) is 15.0. The van der Waals surface area contributed by atoms with Crippen molar-refractivity contribution in [3.05, 3.63) is 58.2 Å². The Balaban J connectivity index is 1.35. The van der Waals surface area contributed by atoms with Crippen LogP contribution in [0.1, 0.15) is 26.9 Å². The number of halogens is 1. The molecule has 0 radical (unpaired) electrons. The summed E-state index contributed by atoms with van der Waals surface area (Å²) >= 11 is 7.44. The number of benzene rings is 1. The first-order valence-corrected chi connectivity index (χ1v) is 12.1. The molecule has 4 nitrogen and oxygen atoms in total. The molecule has 0 bridgehead atoms. The van der Waals surface area contributed by atoms with Crippen molar-refractivity contribution in [3.63, 3.8) is 0 Å². The first-order valence-electron chi connectivity index (χ1n) is 9.20. The van der Waals surface area contributed by atoms with Gasteiger partial charge in [-0.3, -0.25) is 4.79 Å². The van der Waals surface area contributed by atoms with E-state index in [4.69, 9.17) is 0 Å². The fraction of sp³-hybridized carbons (Fsp3) is 0.400. The zero-order valence-corrected chi connectivity index (χ0v) is 18.2. The van der Waals surface area contributed by atoms with Gasteiger partial charge in [-0.15, -0.1) is 23.5 Å². The van der Waals surface area contributed by atoms with Crippen molar-refractivity contribution in [1.29, 1.82) is 0 Å². The van der Waals surface area contributed by atoms with Gasteiger partial charge in [-0.1, -0.05) is 12.1 Å².